The number of carbonyl (C=O) groups is 2. The molecule has 9 heteroatoms. The van der Waals surface area contributed by atoms with E-state index in [1.54, 1.807) is 0 Å². The van der Waals surface area contributed by atoms with E-state index in [2.05, 4.69) is 15.0 Å². The van der Waals surface area contributed by atoms with Crippen molar-refractivity contribution in [3.05, 3.63) is 0 Å². The van der Waals surface area contributed by atoms with Gasteiger partial charge in [-0.3, -0.25) is 9.59 Å². The lowest BCUT2D eigenvalue weighted by molar-refractivity contribution is -0.139. The number of nitrogens with zero attached hydrogens (tertiary/aromatic N) is 4. The molecule has 22 heavy (non-hydrogen) atoms. The first-order valence-corrected chi connectivity index (χ1v) is 7.79. The van der Waals surface area contributed by atoms with Crippen LogP contribution in [0.3, 0.4) is 0 Å². The molecule has 2 amide bonds. The van der Waals surface area contributed by atoms with Crippen LogP contribution < -0.4 is 9.47 Å². The first-order chi connectivity index (χ1) is 10.6. The highest BCUT2D eigenvalue weighted by Gasteiger charge is 2.42. The third-order valence-electron chi connectivity index (χ3n) is 3.37. The molecular weight excluding hydrogens is 308 g/mol. The number of amides is 2. The molecule has 0 spiro atoms. The minimum Gasteiger partial charge on any atom is -0.467 e. The lowest BCUT2D eigenvalue weighted by Crippen LogP contribution is -2.33. The van der Waals surface area contributed by atoms with Gasteiger partial charge in [-0.1, -0.05) is 0 Å². The molecule has 3 rings (SSSR count). The number of ether oxygens (including phenoxy) is 2. The van der Waals surface area contributed by atoms with Crippen LogP contribution in [0.4, 0.5) is 0 Å². The van der Waals surface area contributed by atoms with Crippen LogP contribution in [0.1, 0.15) is 25.7 Å². The summed E-state index contributed by atoms with van der Waals surface area (Å²) < 4.78 is 11.1. The van der Waals surface area contributed by atoms with E-state index in [0.29, 0.717) is 0 Å². The molecule has 0 saturated heterocycles. The fraction of sp³-hybridized carbons (Fsp3) is 0.615. The van der Waals surface area contributed by atoms with Gasteiger partial charge in [-0.05, 0) is 25.7 Å². The molecule has 8 nitrogen and oxygen atoms in total. The minimum atomic E-state index is -0.166. The van der Waals surface area contributed by atoms with Gasteiger partial charge in [0.05, 0.1) is 14.2 Å². The Morgan fingerprint density at radius 1 is 0.955 bits per heavy atom. The van der Waals surface area contributed by atoms with E-state index in [4.69, 9.17) is 9.47 Å². The molecule has 0 radical (unpaired) electrons. The predicted molar refractivity (Wildman–Crippen MR) is 76.1 cm³/mol. The molecule has 0 aliphatic heterocycles. The van der Waals surface area contributed by atoms with Crippen LogP contribution in [0.2, 0.25) is 0 Å². The summed E-state index contributed by atoms with van der Waals surface area (Å²) in [5.41, 5.74) is 0. The molecule has 0 bridgehead atoms. The number of methoxy groups -OCH3 is 2. The van der Waals surface area contributed by atoms with Gasteiger partial charge in [0.1, 0.15) is 0 Å². The SMILES string of the molecule is COc1nc(OC)nc(SN(C(=O)C2CC2)C(=O)C2CC2)n1. The van der Waals surface area contributed by atoms with Gasteiger partial charge >= 0.3 is 12.0 Å². The highest BCUT2D eigenvalue weighted by Crippen LogP contribution is 2.39. The molecule has 2 fully saturated rings. The fourth-order valence-electron chi connectivity index (χ4n) is 1.82. The van der Waals surface area contributed by atoms with Crippen molar-refractivity contribution in [1.82, 2.24) is 19.3 Å². The Labute approximate surface area is 131 Å². The molecule has 0 atom stereocenters. The van der Waals surface area contributed by atoms with E-state index in [0.717, 1.165) is 37.6 Å². The average molecular weight is 324 g/mol. The van der Waals surface area contributed by atoms with Crippen molar-refractivity contribution in [3.63, 3.8) is 0 Å². The molecule has 2 aliphatic rings. The normalized spacial score (nSPS) is 17.0. The average Bonchev–Trinajstić information content (AvgIpc) is 3.42. The number of imide groups is 1. The van der Waals surface area contributed by atoms with Crippen LogP contribution in [0.5, 0.6) is 12.0 Å². The van der Waals surface area contributed by atoms with E-state index >= 15 is 0 Å². The zero-order valence-electron chi connectivity index (χ0n) is 12.3. The summed E-state index contributed by atoms with van der Waals surface area (Å²) in [4.78, 5) is 36.7. The number of hydrogen-bond donors (Lipinski definition) is 0. The lowest BCUT2D eigenvalue weighted by atomic mass is 10.3. The van der Waals surface area contributed by atoms with Crippen LogP contribution in [0, 0.1) is 11.8 Å². The second kappa shape index (κ2) is 6.07. The van der Waals surface area contributed by atoms with E-state index in [9.17, 15) is 9.59 Å². The van der Waals surface area contributed by atoms with Gasteiger partial charge in [0.25, 0.3) is 0 Å². The predicted octanol–water partition coefficient (Wildman–Crippen LogP) is 1.07. The van der Waals surface area contributed by atoms with Crippen LogP contribution in [-0.4, -0.2) is 45.3 Å². The summed E-state index contributed by atoms with van der Waals surface area (Å²) in [5, 5.41) is 0.201. The van der Waals surface area contributed by atoms with Gasteiger partial charge in [-0.2, -0.15) is 9.97 Å². The Bertz CT molecular complexity index is 557. The number of aromatic nitrogens is 3. The standard InChI is InChI=1S/C13H16N4O4S/c1-20-11-14-12(21-2)16-13(15-11)22-17(9(18)7-3-4-7)10(19)8-5-6-8/h7-8H,3-6H2,1-2H3. The third kappa shape index (κ3) is 3.29. The molecule has 2 aliphatic carbocycles. The molecule has 118 valence electrons. The molecule has 1 aromatic rings. The summed E-state index contributed by atoms with van der Waals surface area (Å²) in [6.45, 7) is 0. The highest BCUT2D eigenvalue weighted by atomic mass is 32.2. The summed E-state index contributed by atoms with van der Waals surface area (Å²) in [6.07, 6.45) is 3.32. The quantitative estimate of drug-likeness (QED) is 0.566. The Balaban J connectivity index is 1.82. The van der Waals surface area contributed by atoms with E-state index in [-0.39, 0.29) is 40.8 Å². The first kappa shape index (κ1) is 15.0. The molecular formula is C13H16N4O4S. The molecule has 2 saturated carbocycles. The van der Waals surface area contributed by atoms with Crippen molar-refractivity contribution >= 4 is 23.8 Å². The van der Waals surface area contributed by atoms with Crippen molar-refractivity contribution in [2.24, 2.45) is 11.8 Å². The Hall–Kier alpha value is -1.90. The summed E-state index contributed by atoms with van der Waals surface area (Å²) >= 11 is 0.913. The van der Waals surface area contributed by atoms with Crippen molar-refractivity contribution in [2.45, 2.75) is 30.8 Å². The molecule has 1 aromatic heterocycles. The van der Waals surface area contributed by atoms with Gasteiger partial charge < -0.3 is 9.47 Å². The summed E-state index contributed by atoms with van der Waals surface area (Å²) in [6, 6.07) is 0.152. The van der Waals surface area contributed by atoms with E-state index < -0.39 is 0 Å². The van der Waals surface area contributed by atoms with Crippen molar-refractivity contribution in [3.8, 4) is 12.0 Å². The van der Waals surface area contributed by atoms with Gasteiger partial charge in [-0.25, -0.2) is 4.31 Å². The Morgan fingerprint density at radius 3 is 1.77 bits per heavy atom. The van der Waals surface area contributed by atoms with Crippen LogP contribution in [0.15, 0.2) is 5.16 Å². The number of rotatable bonds is 6. The summed E-state index contributed by atoms with van der Waals surface area (Å²) in [7, 11) is 2.84. The minimum absolute atomic E-state index is 0.0548. The van der Waals surface area contributed by atoms with E-state index in [1.165, 1.54) is 18.5 Å². The fourth-order valence-corrected chi connectivity index (χ4v) is 2.70. The largest absolute Gasteiger partial charge is 0.467 e. The number of carbonyl (C=O) groups excluding carboxylic acids is 2. The van der Waals surface area contributed by atoms with Gasteiger partial charge in [0, 0.05) is 23.8 Å². The van der Waals surface area contributed by atoms with Crippen molar-refractivity contribution < 1.29 is 19.1 Å². The Morgan fingerprint density at radius 2 is 1.41 bits per heavy atom. The molecule has 0 aromatic carbocycles. The lowest BCUT2D eigenvalue weighted by Gasteiger charge is -2.18. The zero-order chi connectivity index (χ0) is 15.7. The maximum atomic E-state index is 12.3. The van der Waals surface area contributed by atoms with Crippen molar-refractivity contribution in [2.75, 3.05) is 14.2 Å². The molecule has 0 unspecified atom stereocenters. The third-order valence-corrected chi connectivity index (χ3v) is 4.25. The Kier molecular flexibility index (Phi) is 4.14. The van der Waals surface area contributed by atoms with Crippen LogP contribution in [0.25, 0.3) is 0 Å². The maximum Gasteiger partial charge on any atom is 0.323 e. The van der Waals surface area contributed by atoms with Gasteiger partial charge in [0.15, 0.2) is 0 Å². The van der Waals surface area contributed by atoms with E-state index in [1.807, 2.05) is 0 Å². The van der Waals surface area contributed by atoms with Gasteiger partial charge in [0.2, 0.25) is 17.0 Å². The smallest absolute Gasteiger partial charge is 0.323 e. The monoisotopic (exact) mass is 324 g/mol. The van der Waals surface area contributed by atoms with Gasteiger partial charge in [-0.15, -0.1) is 4.98 Å². The molecule has 0 N–H and O–H groups in total. The van der Waals surface area contributed by atoms with Crippen LogP contribution >= 0.6 is 11.9 Å². The van der Waals surface area contributed by atoms with Crippen molar-refractivity contribution in [1.29, 1.82) is 0 Å². The van der Waals surface area contributed by atoms with Crippen LogP contribution in [-0.2, 0) is 9.59 Å². The first-order valence-electron chi connectivity index (χ1n) is 7.02. The second-order valence-corrected chi connectivity index (χ2v) is 6.11. The molecule has 1 heterocycles. The zero-order valence-corrected chi connectivity index (χ0v) is 13.1. The number of hydrogen-bond acceptors (Lipinski definition) is 8. The topological polar surface area (TPSA) is 94.5 Å². The second-order valence-electron chi connectivity index (χ2n) is 5.20. The summed E-state index contributed by atoms with van der Waals surface area (Å²) in [5.74, 6) is -0.442. The maximum absolute atomic E-state index is 12.3. The highest BCUT2D eigenvalue weighted by molar-refractivity contribution is 7.97.